The maximum absolute atomic E-state index is 11.8. The minimum atomic E-state index is -0.586. The van der Waals surface area contributed by atoms with E-state index in [9.17, 15) is 9.59 Å². The number of nitrogens with zero attached hydrogens (tertiary/aromatic N) is 1. The minimum Gasteiger partial charge on any atom is -0.492 e. The highest BCUT2D eigenvalue weighted by atomic mass is 16.5. The molecule has 2 aromatic rings. The third kappa shape index (κ3) is 6.48. The zero-order valence-electron chi connectivity index (χ0n) is 15.3. The van der Waals surface area contributed by atoms with Gasteiger partial charge in [0.25, 0.3) is 5.91 Å². The lowest BCUT2D eigenvalue weighted by Gasteiger charge is -2.11. The molecule has 0 aliphatic heterocycles. The molecule has 0 saturated heterocycles. The van der Waals surface area contributed by atoms with Gasteiger partial charge in [0, 0.05) is 31.4 Å². The molecular formula is C20H23N3O4. The van der Waals surface area contributed by atoms with E-state index in [1.54, 1.807) is 23.7 Å². The molecule has 2 aromatic carbocycles. The van der Waals surface area contributed by atoms with Crippen LogP contribution in [0.4, 0.5) is 5.69 Å². The molecule has 142 valence electrons. The van der Waals surface area contributed by atoms with Crippen LogP contribution in [0.15, 0.2) is 54.6 Å². The summed E-state index contributed by atoms with van der Waals surface area (Å²) in [5.74, 6) is -0.225. The Morgan fingerprint density at radius 3 is 2.33 bits per heavy atom. The van der Waals surface area contributed by atoms with E-state index >= 15 is 0 Å². The van der Waals surface area contributed by atoms with Crippen LogP contribution in [-0.2, 0) is 4.79 Å². The Morgan fingerprint density at radius 2 is 1.74 bits per heavy atom. The van der Waals surface area contributed by atoms with Crippen molar-refractivity contribution in [1.82, 2.24) is 10.8 Å². The second-order valence-corrected chi connectivity index (χ2v) is 5.92. The summed E-state index contributed by atoms with van der Waals surface area (Å²) in [7, 11) is 3.95. The predicted octanol–water partition coefficient (Wildman–Crippen LogP) is 2.08. The van der Waals surface area contributed by atoms with Gasteiger partial charge in [-0.15, -0.1) is 0 Å². The largest absolute Gasteiger partial charge is 0.492 e. The Labute approximate surface area is 158 Å². The molecule has 2 amide bonds. The fraction of sp³-hybridized carbons (Fsp3) is 0.200. The van der Waals surface area contributed by atoms with E-state index < -0.39 is 5.91 Å². The number of anilines is 1. The zero-order valence-corrected chi connectivity index (χ0v) is 15.3. The molecule has 0 aliphatic carbocycles. The number of nitrogens with one attached hydrogen (secondary N) is 2. The standard InChI is InChI=1S/C20H23N3O4/c1-23(2)17-8-3-15(4-9-17)5-12-19(24)21-13-14-27-18-10-6-16(7-11-18)20(25)22-26/h3-12,26H,13-14H2,1-2H3,(H,21,24)(H,22,25). The van der Waals surface area contributed by atoms with E-state index in [1.807, 2.05) is 43.3 Å². The molecule has 0 atom stereocenters. The van der Waals surface area contributed by atoms with Crippen LogP contribution in [0.25, 0.3) is 6.08 Å². The highest BCUT2D eigenvalue weighted by Crippen LogP contribution is 2.13. The Morgan fingerprint density at radius 1 is 1.07 bits per heavy atom. The molecule has 3 N–H and O–H groups in total. The first-order chi connectivity index (χ1) is 13.0. The van der Waals surface area contributed by atoms with Gasteiger partial charge in [0.2, 0.25) is 5.91 Å². The van der Waals surface area contributed by atoms with Gasteiger partial charge in [0.15, 0.2) is 0 Å². The maximum Gasteiger partial charge on any atom is 0.274 e. The van der Waals surface area contributed by atoms with E-state index in [4.69, 9.17) is 9.94 Å². The monoisotopic (exact) mass is 369 g/mol. The number of carbonyl (C=O) groups excluding carboxylic acids is 2. The number of carbonyl (C=O) groups is 2. The predicted molar refractivity (Wildman–Crippen MR) is 104 cm³/mol. The van der Waals surface area contributed by atoms with Crippen LogP contribution in [-0.4, -0.2) is 44.3 Å². The van der Waals surface area contributed by atoms with Crippen LogP contribution in [0.5, 0.6) is 5.75 Å². The van der Waals surface area contributed by atoms with E-state index in [2.05, 4.69) is 5.32 Å². The average Bonchev–Trinajstić information content (AvgIpc) is 2.69. The van der Waals surface area contributed by atoms with Gasteiger partial charge in [0.05, 0.1) is 6.54 Å². The number of rotatable bonds is 8. The summed E-state index contributed by atoms with van der Waals surface area (Å²) in [5, 5.41) is 11.3. The minimum absolute atomic E-state index is 0.203. The van der Waals surface area contributed by atoms with Gasteiger partial charge in [-0.1, -0.05) is 12.1 Å². The number of ether oxygens (including phenoxy) is 1. The topological polar surface area (TPSA) is 90.9 Å². The van der Waals surface area contributed by atoms with Crippen LogP contribution < -0.4 is 20.4 Å². The van der Waals surface area contributed by atoms with Crippen molar-refractivity contribution in [2.45, 2.75) is 0 Å². The maximum atomic E-state index is 11.8. The van der Waals surface area contributed by atoms with Gasteiger partial charge >= 0.3 is 0 Å². The lowest BCUT2D eigenvalue weighted by molar-refractivity contribution is -0.116. The molecule has 0 bridgehead atoms. The van der Waals surface area contributed by atoms with Gasteiger partial charge in [0.1, 0.15) is 12.4 Å². The summed E-state index contributed by atoms with van der Waals surface area (Å²) in [5.41, 5.74) is 3.92. The van der Waals surface area contributed by atoms with Crippen molar-refractivity contribution in [3.63, 3.8) is 0 Å². The van der Waals surface area contributed by atoms with E-state index in [0.29, 0.717) is 24.5 Å². The van der Waals surface area contributed by atoms with Crippen LogP contribution in [0.3, 0.4) is 0 Å². The van der Waals surface area contributed by atoms with Crippen molar-refractivity contribution in [3.05, 3.63) is 65.7 Å². The molecule has 0 aromatic heterocycles. The average molecular weight is 369 g/mol. The van der Waals surface area contributed by atoms with Gasteiger partial charge < -0.3 is 15.0 Å². The van der Waals surface area contributed by atoms with Gasteiger partial charge in [-0.05, 0) is 48.0 Å². The van der Waals surface area contributed by atoms with Crippen molar-refractivity contribution < 1.29 is 19.5 Å². The van der Waals surface area contributed by atoms with E-state index in [-0.39, 0.29) is 5.91 Å². The third-order valence-electron chi connectivity index (χ3n) is 3.72. The van der Waals surface area contributed by atoms with Gasteiger partial charge in [-0.3, -0.25) is 14.8 Å². The van der Waals surface area contributed by atoms with Crippen molar-refractivity contribution in [1.29, 1.82) is 0 Å². The van der Waals surface area contributed by atoms with Crippen molar-refractivity contribution in [2.24, 2.45) is 0 Å². The summed E-state index contributed by atoms with van der Waals surface area (Å²) in [6.07, 6.45) is 3.23. The zero-order chi connectivity index (χ0) is 19.6. The number of hydrogen-bond acceptors (Lipinski definition) is 5. The molecule has 0 fully saturated rings. The summed E-state index contributed by atoms with van der Waals surface area (Å²) >= 11 is 0. The van der Waals surface area contributed by atoms with Crippen molar-refractivity contribution >= 4 is 23.6 Å². The second kappa shape index (κ2) is 9.98. The summed E-state index contributed by atoms with van der Waals surface area (Å²) in [6, 6.07) is 14.2. The smallest absolute Gasteiger partial charge is 0.274 e. The molecular weight excluding hydrogens is 346 g/mol. The van der Waals surface area contributed by atoms with E-state index in [1.165, 1.54) is 18.2 Å². The number of hydrogen-bond donors (Lipinski definition) is 3. The lowest BCUT2D eigenvalue weighted by Crippen LogP contribution is -2.26. The van der Waals surface area contributed by atoms with Crippen LogP contribution in [0.1, 0.15) is 15.9 Å². The first kappa shape index (κ1) is 20.0. The SMILES string of the molecule is CN(C)c1ccc(C=CC(=O)NCCOc2ccc(C(=O)NO)cc2)cc1. The fourth-order valence-electron chi connectivity index (χ4n) is 2.22. The Hall–Kier alpha value is -3.32. The van der Waals surface area contributed by atoms with Crippen LogP contribution >= 0.6 is 0 Å². The van der Waals surface area contributed by atoms with Crippen LogP contribution in [0, 0.1) is 0 Å². The molecule has 0 heterocycles. The summed E-state index contributed by atoms with van der Waals surface area (Å²) in [4.78, 5) is 25.0. The highest BCUT2D eigenvalue weighted by molar-refractivity contribution is 5.93. The lowest BCUT2D eigenvalue weighted by atomic mass is 10.2. The van der Waals surface area contributed by atoms with Gasteiger partial charge in [-0.25, -0.2) is 5.48 Å². The number of hydroxylamine groups is 1. The Kier molecular flexibility index (Phi) is 7.39. The van der Waals surface area contributed by atoms with Gasteiger partial charge in [-0.2, -0.15) is 0 Å². The van der Waals surface area contributed by atoms with Crippen LogP contribution in [0.2, 0.25) is 0 Å². The molecule has 0 aliphatic rings. The molecule has 0 radical (unpaired) electrons. The molecule has 7 nitrogen and oxygen atoms in total. The fourth-order valence-corrected chi connectivity index (χ4v) is 2.22. The second-order valence-electron chi connectivity index (χ2n) is 5.92. The van der Waals surface area contributed by atoms with Crippen molar-refractivity contribution in [3.8, 4) is 5.75 Å². The molecule has 7 heteroatoms. The first-order valence-corrected chi connectivity index (χ1v) is 8.40. The Bertz CT molecular complexity index is 784. The summed E-state index contributed by atoms with van der Waals surface area (Å²) < 4.78 is 5.49. The normalized spacial score (nSPS) is 10.5. The molecule has 2 rings (SSSR count). The molecule has 0 unspecified atom stereocenters. The summed E-state index contributed by atoms with van der Waals surface area (Å²) in [6.45, 7) is 0.643. The quantitative estimate of drug-likeness (QED) is 0.287. The molecule has 0 spiro atoms. The third-order valence-corrected chi connectivity index (χ3v) is 3.72. The highest BCUT2D eigenvalue weighted by Gasteiger charge is 2.03. The number of amides is 2. The Balaban J connectivity index is 1.72. The number of benzene rings is 2. The molecule has 0 saturated carbocycles. The molecule has 27 heavy (non-hydrogen) atoms. The first-order valence-electron chi connectivity index (χ1n) is 8.40. The van der Waals surface area contributed by atoms with Crippen molar-refractivity contribution in [2.75, 3.05) is 32.1 Å². The van der Waals surface area contributed by atoms with E-state index in [0.717, 1.165) is 11.3 Å².